The summed E-state index contributed by atoms with van der Waals surface area (Å²) >= 11 is 0. The molecule has 1 aromatic rings. The topological polar surface area (TPSA) is 18.5 Å². The highest BCUT2D eigenvalue weighted by Crippen LogP contribution is 2.42. The van der Waals surface area contributed by atoms with Crippen molar-refractivity contribution in [3.8, 4) is 11.5 Å². The zero-order chi connectivity index (χ0) is 12.7. The molecule has 3 heteroatoms. The van der Waals surface area contributed by atoms with E-state index in [9.17, 15) is 0 Å². The molecule has 0 saturated heterocycles. The van der Waals surface area contributed by atoms with Crippen molar-refractivity contribution in [1.82, 2.24) is 0 Å². The van der Waals surface area contributed by atoms with E-state index in [-0.39, 0.29) is 7.92 Å². The predicted molar refractivity (Wildman–Crippen MR) is 76.4 cm³/mol. The van der Waals surface area contributed by atoms with E-state index < -0.39 is 0 Å². The largest absolute Gasteiger partial charge is 0.496 e. The van der Waals surface area contributed by atoms with Crippen LogP contribution >= 0.6 is 7.92 Å². The Labute approximate surface area is 106 Å². The molecule has 0 N–H and O–H groups in total. The molecule has 96 valence electrons. The van der Waals surface area contributed by atoms with Gasteiger partial charge in [-0.15, -0.1) is 0 Å². The van der Waals surface area contributed by atoms with E-state index >= 15 is 0 Å². The van der Waals surface area contributed by atoms with Crippen LogP contribution in [-0.4, -0.2) is 26.5 Å². The summed E-state index contributed by atoms with van der Waals surface area (Å²) in [6, 6.07) is 6.07. The molecule has 0 spiro atoms. The molecule has 0 aromatic heterocycles. The van der Waals surface area contributed by atoms with E-state index in [1.807, 2.05) is 18.2 Å². The number of ether oxygens (including phenoxy) is 2. The Hall–Kier alpha value is -0.750. The lowest BCUT2D eigenvalue weighted by Crippen LogP contribution is -2.12. The van der Waals surface area contributed by atoms with Gasteiger partial charge in [-0.3, -0.25) is 0 Å². The first-order chi connectivity index (χ1) is 8.28. The Balaban J connectivity index is 3.12. The molecule has 1 aromatic carbocycles. The van der Waals surface area contributed by atoms with E-state index in [2.05, 4.69) is 13.8 Å². The molecule has 0 aliphatic heterocycles. The number of hydrogen-bond donors (Lipinski definition) is 0. The smallest absolute Gasteiger partial charge is 0.130 e. The van der Waals surface area contributed by atoms with E-state index in [4.69, 9.17) is 9.47 Å². The van der Waals surface area contributed by atoms with Gasteiger partial charge in [0.15, 0.2) is 0 Å². The summed E-state index contributed by atoms with van der Waals surface area (Å²) in [5.41, 5.74) is 0. The summed E-state index contributed by atoms with van der Waals surface area (Å²) in [7, 11) is 3.32. The first-order valence-corrected chi connectivity index (χ1v) is 7.95. The molecule has 0 aliphatic carbocycles. The van der Waals surface area contributed by atoms with Crippen LogP contribution in [0.3, 0.4) is 0 Å². The van der Waals surface area contributed by atoms with Crippen LogP contribution in [0.2, 0.25) is 0 Å². The lowest BCUT2D eigenvalue weighted by atomic mass is 10.3. The average Bonchev–Trinajstić information content (AvgIpc) is 2.37. The Kier molecular flexibility index (Phi) is 6.36. The highest BCUT2D eigenvalue weighted by Gasteiger charge is 2.18. The van der Waals surface area contributed by atoms with Crippen molar-refractivity contribution in [3.63, 3.8) is 0 Å². The van der Waals surface area contributed by atoms with Crippen molar-refractivity contribution >= 4 is 13.2 Å². The van der Waals surface area contributed by atoms with E-state index in [0.717, 1.165) is 11.5 Å². The zero-order valence-corrected chi connectivity index (χ0v) is 12.2. The molecule has 17 heavy (non-hydrogen) atoms. The van der Waals surface area contributed by atoms with E-state index in [0.29, 0.717) is 0 Å². The van der Waals surface area contributed by atoms with E-state index in [1.165, 1.54) is 30.5 Å². The molecule has 0 radical (unpaired) electrons. The third-order valence-electron chi connectivity index (χ3n) is 2.71. The third-order valence-corrected chi connectivity index (χ3v) is 5.75. The minimum Gasteiger partial charge on any atom is -0.496 e. The highest BCUT2D eigenvalue weighted by molar-refractivity contribution is 7.66. The van der Waals surface area contributed by atoms with Gasteiger partial charge in [0.1, 0.15) is 11.5 Å². The molecule has 0 atom stereocenters. The van der Waals surface area contributed by atoms with Gasteiger partial charge in [-0.25, -0.2) is 0 Å². The summed E-state index contributed by atoms with van der Waals surface area (Å²) in [6.45, 7) is 4.49. The van der Waals surface area contributed by atoms with Crippen molar-refractivity contribution in [2.75, 3.05) is 26.5 Å². The van der Waals surface area contributed by atoms with Gasteiger partial charge in [-0.05, 0) is 24.5 Å². The highest BCUT2D eigenvalue weighted by atomic mass is 31.1. The molecule has 0 unspecified atom stereocenters. The summed E-state index contributed by atoms with van der Waals surface area (Å²) in [5.74, 6) is 1.97. The van der Waals surface area contributed by atoms with Crippen LogP contribution in [0.1, 0.15) is 26.7 Å². The van der Waals surface area contributed by atoms with Gasteiger partial charge >= 0.3 is 0 Å². The number of benzene rings is 1. The molecule has 0 bridgehead atoms. The van der Waals surface area contributed by atoms with Crippen molar-refractivity contribution in [1.29, 1.82) is 0 Å². The minimum absolute atomic E-state index is 0.159. The summed E-state index contributed by atoms with van der Waals surface area (Å²) in [6.07, 6.45) is 4.93. The maximum Gasteiger partial charge on any atom is 0.130 e. The van der Waals surface area contributed by atoms with Crippen molar-refractivity contribution in [2.45, 2.75) is 26.7 Å². The van der Waals surface area contributed by atoms with Crippen LogP contribution in [0.15, 0.2) is 18.2 Å². The van der Waals surface area contributed by atoms with E-state index in [1.54, 1.807) is 14.2 Å². The van der Waals surface area contributed by atoms with Gasteiger partial charge < -0.3 is 9.47 Å². The third kappa shape index (κ3) is 3.61. The van der Waals surface area contributed by atoms with Gasteiger partial charge in [-0.2, -0.15) is 0 Å². The normalized spacial score (nSPS) is 10.6. The molecule has 0 amide bonds. The van der Waals surface area contributed by atoms with Crippen molar-refractivity contribution in [2.24, 2.45) is 0 Å². The van der Waals surface area contributed by atoms with Crippen molar-refractivity contribution < 1.29 is 9.47 Å². The lowest BCUT2D eigenvalue weighted by molar-refractivity contribution is 0.400. The Bertz CT molecular complexity index is 311. The fourth-order valence-electron chi connectivity index (χ4n) is 2.02. The van der Waals surface area contributed by atoms with Crippen LogP contribution in [-0.2, 0) is 0 Å². The monoisotopic (exact) mass is 254 g/mol. The summed E-state index contributed by atoms with van der Waals surface area (Å²) in [5, 5.41) is 1.30. The molecule has 2 nitrogen and oxygen atoms in total. The molecular weight excluding hydrogens is 231 g/mol. The molecular formula is C14H23O2P. The molecule has 0 saturated carbocycles. The summed E-state index contributed by atoms with van der Waals surface area (Å²) < 4.78 is 11.0. The van der Waals surface area contributed by atoms with Crippen molar-refractivity contribution in [3.05, 3.63) is 18.2 Å². The molecule has 0 fully saturated rings. The Morgan fingerprint density at radius 1 is 0.941 bits per heavy atom. The molecule has 0 heterocycles. The van der Waals surface area contributed by atoms with Gasteiger partial charge in [0.2, 0.25) is 0 Å². The number of hydrogen-bond acceptors (Lipinski definition) is 2. The maximum absolute atomic E-state index is 5.50. The van der Waals surface area contributed by atoms with Crippen LogP contribution in [0.4, 0.5) is 0 Å². The maximum atomic E-state index is 5.50. The zero-order valence-electron chi connectivity index (χ0n) is 11.3. The van der Waals surface area contributed by atoms with Crippen LogP contribution in [0.5, 0.6) is 11.5 Å². The summed E-state index contributed by atoms with van der Waals surface area (Å²) in [4.78, 5) is 0. The minimum atomic E-state index is -0.159. The second-order valence-electron chi connectivity index (χ2n) is 4.00. The second kappa shape index (κ2) is 7.55. The quantitative estimate of drug-likeness (QED) is 0.692. The second-order valence-corrected chi connectivity index (χ2v) is 6.42. The fourth-order valence-corrected chi connectivity index (χ4v) is 4.72. The number of rotatable bonds is 7. The van der Waals surface area contributed by atoms with Gasteiger partial charge in [0, 0.05) is 0 Å². The predicted octanol–water partition coefficient (Wildman–Crippen LogP) is 3.63. The van der Waals surface area contributed by atoms with Gasteiger partial charge in [0.05, 0.1) is 19.5 Å². The van der Waals surface area contributed by atoms with Crippen LogP contribution in [0.25, 0.3) is 0 Å². The van der Waals surface area contributed by atoms with Crippen LogP contribution < -0.4 is 14.8 Å². The fraction of sp³-hybridized carbons (Fsp3) is 0.571. The standard InChI is InChI=1S/C14H23O2P/c1-5-10-17(11-6-2)14-12(15-3)8-7-9-13(14)16-4/h7-9H,5-6,10-11H2,1-4H3. The first kappa shape index (κ1) is 14.3. The SMILES string of the molecule is CCCP(CCC)c1c(OC)cccc1OC. The molecule has 1 rings (SSSR count). The Morgan fingerprint density at radius 2 is 1.41 bits per heavy atom. The Morgan fingerprint density at radius 3 is 1.76 bits per heavy atom. The number of methoxy groups -OCH3 is 2. The first-order valence-electron chi connectivity index (χ1n) is 6.24. The van der Waals surface area contributed by atoms with Crippen LogP contribution in [0, 0.1) is 0 Å². The van der Waals surface area contributed by atoms with Gasteiger partial charge in [-0.1, -0.05) is 40.7 Å². The average molecular weight is 254 g/mol. The molecule has 0 aliphatic rings. The van der Waals surface area contributed by atoms with Gasteiger partial charge in [0.25, 0.3) is 0 Å². The lowest BCUT2D eigenvalue weighted by Gasteiger charge is -2.22.